The Labute approximate surface area is 235 Å². The molecule has 1 atom stereocenters. The summed E-state index contributed by atoms with van der Waals surface area (Å²) in [5.41, 5.74) is 19.1. The fourth-order valence-electron chi connectivity index (χ4n) is 2.89. The number of carboxylic acid groups (broad SMARTS) is 2. The molecule has 0 spiro atoms. The maximum Gasteiger partial charge on any atom is 0.320 e. The Morgan fingerprint density at radius 1 is 0.825 bits per heavy atom. The Balaban J connectivity index is 0.000000511. The number of carbonyl (C=O) groups is 4. The average Bonchev–Trinajstić information content (AvgIpc) is 2.94. The number of hydrogen-bond donors (Lipinski definition) is 6. The van der Waals surface area contributed by atoms with Crippen LogP contribution in [-0.4, -0.2) is 53.5 Å². The minimum absolute atomic E-state index is 0.112. The highest BCUT2D eigenvalue weighted by molar-refractivity contribution is 5.89. The van der Waals surface area contributed by atoms with Gasteiger partial charge in [0.15, 0.2) is 0 Å². The zero-order chi connectivity index (χ0) is 30.2. The molecule has 3 aromatic carbocycles. The lowest BCUT2D eigenvalue weighted by atomic mass is 10.2. The van der Waals surface area contributed by atoms with Gasteiger partial charge in [0.1, 0.15) is 12.3 Å². The first-order valence-electron chi connectivity index (χ1n) is 12.6. The van der Waals surface area contributed by atoms with Gasteiger partial charge >= 0.3 is 11.9 Å². The molecule has 0 aromatic heterocycles. The quantitative estimate of drug-likeness (QED) is 0.205. The topological polar surface area (TPSA) is 199 Å². The Kier molecular flexibility index (Phi) is 20.1. The Morgan fingerprint density at radius 2 is 1.35 bits per heavy atom. The Hall–Kier alpha value is -4.38. The number of anilines is 1. The van der Waals surface area contributed by atoms with Gasteiger partial charge in [0.05, 0.1) is 6.42 Å². The lowest BCUT2D eigenvalue weighted by Crippen LogP contribution is -2.30. The molecular formula is C30H40N4O6. The number of aldehydes is 1. The van der Waals surface area contributed by atoms with E-state index in [0.717, 1.165) is 24.8 Å². The van der Waals surface area contributed by atoms with Crippen LogP contribution in [0, 0.1) is 0 Å². The molecule has 0 saturated heterocycles. The molecule has 1 unspecified atom stereocenters. The van der Waals surface area contributed by atoms with Gasteiger partial charge in [0.2, 0.25) is 5.91 Å². The van der Waals surface area contributed by atoms with Gasteiger partial charge in [0, 0.05) is 18.2 Å². The van der Waals surface area contributed by atoms with Crippen molar-refractivity contribution in [2.45, 2.75) is 38.6 Å². The zero-order valence-electron chi connectivity index (χ0n) is 22.7. The van der Waals surface area contributed by atoms with Crippen molar-refractivity contribution < 1.29 is 29.4 Å². The van der Waals surface area contributed by atoms with Crippen LogP contribution in [0.2, 0.25) is 0 Å². The maximum absolute atomic E-state index is 10.6. The van der Waals surface area contributed by atoms with E-state index in [1.165, 1.54) is 12.5 Å². The van der Waals surface area contributed by atoms with Crippen LogP contribution in [0.15, 0.2) is 84.9 Å². The highest BCUT2D eigenvalue weighted by atomic mass is 16.4. The second-order valence-electron chi connectivity index (χ2n) is 8.38. The smallest absolute Gasteiger partial charge is 0.320 e. The summed E-state index contributed by atoms with van der Waals surface area (Å²) >= 11 is 0. The number of hydrogen-bond acceptors (Lipinski definition) is 7. The van der Waals surface area contributed by atoms with Gasteiger partial charge in [0.25, 0.3) is 0 Å². The number of carboxylic acids is 2. The second kappa shape index (κ2) is 22.6. The first kappa shape index (κ1) is 35.6. The van der Waals surface area contributed by atoms with E-state index in [9.17, 15) is 19.2 Å². The molecule has 0 radical (unpaired) electrons. The van der Waals surface area contributed by atoms with Gasteiger partial charge in [-0.2, -0.15) is 0 Å². The zero-order valence-corrected chi connectivity index (χ0v) is 22.7. The molecule has 216 valence electrons. The number of rotatable bonds is 10. The highest BCUT2D eigenvalue weighted by Crippen LogP contribution is 2.07. The predicted octanol–water partition coefficient (Wildman–Crippen LogP) is 3.10. The van der Waals surface area contributed by atoms with Crippen molar-refractivity contribution in [1.29, 1.82) is 0 Å². The fourth-order valence-corrected chi connectivity index (χ4v) is 2.89. The lowest BCUT2D eigenvalue weighted by molar-refractivity contribution is -0.139. The number of aliphatic carboxylic acids is 2. The third-order valence-electron chi connectivity index (χ3n) is 4.88. The molecule has 3 aromatic rings. The van der Waals surface area contributed by atoms with Crippen LogP contribution in [-0.2, 0) is 27.2 Å². The Morgan fingerprint density at radius 3 is 1.75 bits per heavy atom. The van der Waals surface area contributed by atoms with Crippen molar-refractivity contribution in [1.82, 2.24) is 0 Å². The van der Waals surface area contributed by atoms with Crippen LogP contribution in [0.3, 0.4) is 0 Å². The van der Waals surface area contributed by atoms with E-state index in [-0.39, 0.29) is 12.3 Å². The van der Waals surface area contributed by atoms with Crippen LogP contribution < -0.4 is 22.5 Å². The van der Waals surface area contributed by atoms with E-state index in [4.69, 9.17) is 27.4 Å². The summed E-state index contributed by atoms with van der Waals surface area (Å²) in [6, 6.07) is 25.3. The van der Waals surface area contributed by atoms with Crippen molar-refractivity contribution in [3.05, 3.63) is 102 Å². The van der Waals surface area contributed by atoms with Crippen molar-refractivity contribution in [2.24, 2.45) is 17.2 Å². The lowest BCUT2D eigenvalue weighted by Gasteiger charge is -2.02. The van der Waals surface area contributed by atoms with Crippen LogP contribution in [0.4, 0.5) is 5.69 Å². The van der Waals surface area contributed by atoms with Gasteiger partial charge in [-0.3, -0.25) is 19.2 Å². The summed E-state index contributed by atoms with van der Waals surface area (Å²) in [7, 11) is 0. The average molecular weight is 553 g/mol. The van der Waals surface area contributed by atoms with Gasteiger partial charge in [-0.25, -0.2) is 0 Å². The van der Waals surface area contributed by atoms with E-state index in [2.05, 4.69) is 17.4 Å². The van der Waals surface area contributed by atoms with Gasteiger partial charge in [-0.1, -0.05) is 60.7 Å². The predicted molar refractivity (Wildman–Crippen MR) is 157 cm³/mol. The first-order valence-corrected chi connectivity index (χ1v) is 12.6. The fraction of sp³-hybridized carbons (Fsp3) is 0.267. The number of amides is 1. The van der Waals surface area contributed by atoms with Gasteiger partial charge < -0.3 is 32.7 Å². The molecule has 0 bridgehead atoms. The second-order valence-corrected chi connectivity index (χ2v) is 8.38. The molecule has 9 N–H and O–H groups in total. The summed E-state index contributed by atoms with van der Waals surface area (Å²) in [6.45, 7) is 2.68. The number of nitrogens with one attached hydrogen (secondary N) is 1. The summed E-state index contributed by atoms with van der Waals surface area (Å²) < 4.78 is 0. The molecule has 3 rings (SSSR count). The summed E-state index contributed by atoms with van der Waals surface area (Å²) in [5.74, 6) is -1.86. The van der Waals surface area contributed by atoms with Crippen LogP contribution in [0.25, 0.3) is 0 Å². The van der Waals surface area contributed by atoms with E-state index in [1.807, 2.05) is 36.4 Å². The molecule has 0 saturated carbocycles. The van der Waals surface area contributed by atoms with E-state index in [0.29, 0.717) is 30.6 Å². The monoisotopic (exact) mass is 552 g/mol. The SMILES string of the molecule is CC(=O)Nc1ccc(C=O)cc1.NCCCC(N)C(=O)O.NCCc1ccccc1.O=C(O)Cc1ccccc1. The van der Waals surface area contributed by atoms with E-state index in [1.54, 1.807) is 36.4 Å². The van der Waals surface area contributed by atoms with Crippen molar-refractivity contribution in [2.75, 3.05) is 18.4 Å². The minimum atomic E-state index is -0.955. The molecule has 10 heteroatoms. The molecular weight excluding hydrogens is 512 g/mol. The number of carbonyl (C=O) groups excluding carboxylic acids is 2. The number of benzene rings is 3. The summed E-state index contributed by atoms with van der Waals surface area (Å²) in [6.07, 6.45) is 3.00. The van der Waals surface area contributed by atoms with Crippen LogP contribution in [0.1, 0.15) is 41.3 Å². The summed E-state index contributed by atoms with van der Waals surface area (Å²) in [5, 5.41) is 19.2. The van der Waals surface area contributed by atoms with E-state index >= 15 is 0 Å². The minimum Gasteiger partial charge on any atom is -0.481 e. The molecule has 0 heterocycles. The first-order chi connectivity index (χ1) is 19.1. The molecule has 40 heavy (non-hydrogen) atoms. The Bertz CT molecular complexity index is 1110. The van der Waals surface area contributed by atoms with Crippen molar-refractivity contribution in [3.8, 4) is 0 Å². The van der Waals surface area contributed by atoms with Crippen LogP contribution in [0.5, 0.6) is 0 Å². The standard InChI is InChI=1S/C9H9NO2.C8H11N.C8H8O2.C5H12N2O2/c1-7(12)10-9-4-2-8(6-11)3-5-9;9-7-6-8-4-2-1-3-5-8;9-8(10)6-7-4-2-1-3-5-7;6-3-1-2-4(7)5(8)9/h2-6H,1H3,(H,10,12);1-5H,6-7,9H2;1-5H,6H2,(H,9,10);4H,1-3,6-7H2,(H,8,9). The molecule has 0 aliphatic carbocycles. The van der Waals surface area contributed by atoms with Gasteiger partial charge in [-0.05, 0) is 67.7 Å². The molecule has 10 nitrogen and oxygen atoms in total. The van der Waals surface area contributed by atoms with E-state index < -0.39 is 18.0 Å². The molecule has 1 amide bonds. The number of nitrogens with two attached hydrogens (primary N) is 3. The largest absolute Gasteiger partial charge is 0.481 e. The third-order valence-corrected chi connectivity index (χ3v) is 4.88. The normalized spacial score (nSPS) is 10.1. The summed E-state index contributed by atoms with van der Waals surface area (Å²) in [4.78, 5) is 41.0. The van der Waals surface area contributed by atoms with Crippen molar-refractivity contribution >= 4 is 29.8 Å². The molecule has 0 aliphatic heterocycles. The van der Waals surface area contributed by atoms with Crippen LogP contribution >= 0.6 is 0 Å². The highest BCUT2D eigenvalue weighted by Gasteiger charge is 2.08. The maximum atomic E-state index is 10.6. The third kappa shape index (κ3) is 19.7. The molecule has 0 fully saturated rings. The van der Waals surface area contributed by atoms with Gasteiger partial charge in [-0.15, -0.1) is 0 Å². The van der Waals surface area contributed by atoms with Crippen molar-refractivity contribution in [3.63, 3.8) is 0 Å². The molecule has 0 aliphatic rings.